The lowest BCUT2D eigenvalue weighted by atomic mass is 10.2. The number of rotatable bonds is 3. The van der Waals surface area contributed by atoms with Gasteiger partial charge in [0.1, 0.15) is 11.9 Å². The van der Waals surface area contributed by atoms with Crippen molar-refractivity contribution < 1.29 is 10.2 Å². The first-order valence-electron chi connectivity index (χ1n) is 3.36. The van der Waals surface area contributed by atoms with Crippen molar-refractivity contribution in [3.05, 3.63) is 24.0 Å². The van der Waals surface area contributed by atoms with Gasteiger partial charge in [0.15, 0.2) is 0 Å². The van der Waals surface area contributed by atoms with Gasteiger partial charge >= 0.3 is 0 Å². The molecule has 0 heterocycles. The molecule has 58 valence electrons. The van der Waals surface area contributed by atoms with E-state index in [1.54, 1.807) is 6.08 Å². The third-order valence-electron chi connectivity index (χ3n) is 1.13. The largest absolute Gasteiger partial charge is 0.510 e. The summed E-state index contributed by atoms with van der Waals surface area (Å²) in [4.78, 5) is 0. The SMILES string of the molecule is C/C=C/C/C=C(\O)C(C)O. The highest BCUT2D eigenvalue weighted by Gasteiger charge is 1.97. The summed E-state index contributed by atoms with van der Waals surface area (Å²) in [5, 5.41) is 17.7. The molecule has 2 nitrogen and oxygen atoms in total. The van der Waals surface area contributed by atoms with Crippen LogP contribution in [-0.4, -0.2) is 16.3 Å². The fraction of sp³-hybridized carbons (Fsp3) is 0.500. The Hall–Kier alpha value is -0.760. The van der Waals surface area contributed by atoms with Crippen LogP contribution in [0.15, 0.2) is 24.0 Å². The van der Waals surface area contributed by atoms with Crippen molar-refractivity contribution in [2.45, 2.75) is 26.4 Å². The first-order chi connectivity index (χ1) is 4.68. The Bertz CT molecular complexity index is 134. The molecule has 0 bridgehead atoms. The highest BCUT2D eigenvalue weighted by Crippen LogP contribution is 1.98. The Morgan fingerprint density at radius 2 is 2.20 bits per heavy atom. The standard InChI is InChI=1S/C8H14O2/c1-3-4-5-6-8(10)7(2)9/h3-4,6-7,9-10H,5H2,1-2H3/b4-3+,8-6-. The van der Waals surface area contributed by atoms with E-state index in [1.807, 2.05) is 19.1 Å². The Labute approximate surface area is 61.5 Å². The minimum Gasteiger partial charge on any atom is -0.510 e. The van der Waals surface area contributed by atoms with E-state index in [1.165, 1.54) is 6.92 Å². The molecule has 0 aromatic heterocycles. The maximum atomic E-state index is 8.93. The molecule has 1 unspecified atom stereocenters. The monoisotopic (exact) mass is 142 g/mol. The summed E-state index contributed by atoms with van der Waals surface area (Å²) < 4.78 is 0. The summed E-state index contributed by atoms with van der Waals surface area (Å²) in [6, 6.07) is 0. The quantitative estimate of drug-likeness (QED) is 0.465. The van der Waals surface area contributed by atoms with Gasteiger partial charge in [-0.1, -0.05) is 12.2 Å². The first kappa shape index (κ1) is 9.24. The molecule has 0 aliphatic heterocycles. The normalized spacial score (nSPS) is 16.1. The molecule has 0 saturated heterocycles. The van der Waals surface area contributed by atoms with Crippen LogP contribution in [-0.2, 0) is 0 Å². The molecule has 2 N–H and O–H groups in total. The molecule has 0 aromatic carbocycles. The van der Waals surface area contributed by atoms with E-state index in [-0.39, 0.29) is 5.76 Å². The van der Waals surface area contributed by atoms with Crippen LogP contribution in [0.3, 0.4) is 0 Å². The molecule has 1 atom stereocenters. The number of hydrogen-bond donors (Lipinski definition) is 2. The van der Waals surface area contributed by atoms with E-state index in [0.717, 1.165) is 0 Å². The van der Waals surface area contributed by atoms with Crippen LogP contribution in [0, 0.1) is 0 Å². The third kappa shape index (κ3) is 4.15. The van der Waals surface area contributed by atoms with Gasteiger partial charge in [-0.3, -0.25) is 0 Å². The van der Waals surface area contributed by atoms with E-state index < -0.39 is 6.10 Å². The Morgan fingerprint density at radius 3 is 2.60 bits per heavy atom. The van der Waals surface area contributed by atoms with Gasteiger partial charge in [0.05, 0.1) is 0 Å². The van der Waals surface area contributed by atoms with Gasteiger partial charge < -0.3 is 10.2 Å². The Kier molecular flexibility index (Phi) is 4.67. The number of hydrogen-bond acceptors (Lipinski definition) is 2. The summed E-state index contributed by atoms with van der Waals surface area (Å²) in [6.07, 6.45) is 5.31. The summed E-state index contributed by atoms with van der Waals surface area (Å²) in [5.74, 6) is 0.0399. The van der Waals surface area contributed by atoms with Crippen molar-refractivity contribution in [3.63, 3.8) is 0 Å². The Morgan fingerprint density at radius 1 is 1.60 bits per heavy atom. The topological polar surface area (TPSA) is 40.5 Å². The highest BCUT2D eigenvalue weighted by molar-refractivity contribution is 4.99. The molecule has 0 saturated carbocycles. The smallest absolute Gasteiger partial charge is 0.117 e. The summed E-state index contributed by atoms with van der Waals surface area (Å²) in [7, 11) is 0. The average molecular weight is 142 g/mol. The molecule has 0 fully saturated rings. The molecule has 0 spiro atoms. The van der Waals surface area contributed by atoms with E-state index in [4.69, 9.17) is 10.2 Å². The maximum absolute atomic E-state index is 8.93. The van der Waals surface area contributed by atoms with Crippen molar-refractivity contribution in [1.82, 2.24) is 0 Å². The molecule has 0 aliphatic carbocycles. The van der Waals surface area contributed by atoms with Gasteiger partial charge in [0, 0.05) is 0 Å². The second-order valence-corrected chi connectivity index (χ2v) is 2.11. The zero-order chi connectivity index (χ0) is 7.98. The van der Waals surface area contributed by atoms with E-state index in [9.17, 15) is 0 Å². The van der Waals surface area contributed by atoms with Crippen LogP contribution in [0.1, 0.15) is 20.3 Å². The van der Waals surface area contributed by atoms with Crippen LogP contribution < -0.4 is 0 Å². The summed E-state index contributed by atoms with van der Waals surface area (Å²) >= 11 is 0. The molecule has 10 heavy (non-hydrogen) atoms. The van der Waals surface area contributed by atoms with E-state index >= 15 is 0 Å². The van der Waals surface area contributed by atoms with Gasteiger partial charge in [0.2, 0.25) is 0 Å². The van der Waals surface area contributed by atoms with Crippen molar-refractivity contribution in [2.75, 3.05) is 0 Å². The molecule has 0 rings (SSSR count). The van der Waals surface area contributed by atoms with Crippen molar-refractivity contribution in [1.29, 1.82) is 0 Å². The van der Waals surface area contributed by atoms with Gasteiger partial charge in [-0.15, -0.1) is 0 Å². The fourth-order valence-corrected chi connectivity index (χ4v) is 0.495. The van der Waals surface area contributed by atoms with Crippen LogP contribution in [0.4, 0.5) is 0 Å². The van der Waals surface area contributed by atoms with E-state index in [2.05, 4.69) is 0 Å². The zero-order valence-electron chi connectivity index (χ0n) is 6.41. The zero-order valence-corrected chi connectivity index (χ0v) is 6.41. The van der Waals surface area contributed by atoms with Crippen molar-refractivity contribution in [3.8, 4) is 0 Å². The van der Waals surface area contributed by atoms with Gasteiger partial charge in [-0.2, -0.15) is 0 Å². The van der Waals surface area contributed by atoms with Gasteiger partial charge in [0.25, 0.3) is 0 Å². The second kappa shape index (κ2) is 5.06. The molecule has 2 heteroatoms. The molecule has 0 radical (unpaired) electrons. The first-order valence-corrected chi connectivity index (χ1v) is 3.36. The summed E-state index contributed by atoms with van der Waals surface area (Å²) in [5.41, 5.74) is 0. The predicted octanol–water partition coefficient (Wildman–Crippen LogP) is 1.78. The predicted molar refractivity (Wildman–Crippen MR) is 41.8 cm³/mol. The maximum Gasteiger partial charge on any atom is 0.117 e. The lowest BCUT2D eigenvalue weighted by Crippen LogP contribution is -2.02. The molecule has 0 aliphatic rings. The van der Waals surface area contributed by atoms with Crippen molar-refractivity contribution >= 4 is 0 Å². The molecule has 0 aromatic rings. The van der Waals surface area contributed by atoms with Crippen LogP contribution >= 0.6 is 0 Å². The second-order valence-electron chi connectivity index (χ2n) is 2.11. The summed E-state index contributed by atoms with van der Waals surface area (Å²) in [6.45, 7) is 3.44. The average Bonchev–Trinajstić information content (AvgIpc) is 1.88. The van der Waals surface area contributed by atoms with Crippen LogP contribution in [0.25, 0.3) is 0 Å². The highest BCUT2D eigenvalue weighted by atomic mass is 16.3. The molecule has 0 amide bonds. The fourth-order valence-electron chi connectivity index (χ4n) is 0.495. The van der Waals surface area contributed by atoms with Gasteiger partial charge in [-0.05, 0) is 26.3 Å². The molecular formula is C8H14O2. The van der Waals surface area contributed by atoms with Crippen molar-refractivity contribution in [2.24, 2.45) is 0 Å². The third-order valence-corrected chi connectivity index (χ3v) is 1.13. The number of allylic oxidation sites excluding steroid dienone is 3. The minimum absolute atomic E-state index is 0.0399. The van der Waals surface area contributed by atoms with Gasteiger partial charge in [-0.25, -0.2) is 0 Å². The lowest BCUT2D eigenvalue weighted by Gasteiger charge is -2.00. The molecular weight excluding hydrogens is 128 g/mol. The minimum atomic E-state index is -0.745. The Balaban J connectivity index is 3.68. The van der Waals surface area contributed by atoms with E-state index in [0.29, 0.717) is 6.42 Å². The lowest BCUT2D eigenvalue weighted by molar-refractivity contribution is 0.169. The van der Waals surface area contributed by atoms with Crippen LogP contribution in [0.2, 0.25) is 0 Å². The van der Waals surface area contributed by atoms with Crippen LogP contribution in [0.5, 0.6) is 0 Å². The number of aliphatic hydroxyl groups excluding tert-OH is 2. The number of aliphatic hydroxyl groups is 2.